The van der Waals surface area contributed by atoms with Crippen molar-refractivity contribution in [2.45, 2.75) is 428 Å². The molecule has 0 N–H and O–H groups in total. The van der Waals surface area contributed by atoms with Crippen molar-refractivity contribution in [1.29, 1.82) is 0 Å². The van der Waals surface area contributed by atoms with Gasteiger partial charge in [0.25, 0.3) is 0 Å². The highest BCUT2D eigenvalue weighted by molar-refractivity contribution is 6.78. The van der Waals surface area contributed by atoms with Gasteiger partial charge in [0, 0.05) is 78.4 Å². The number of rotatable bonds is 45. The van der Waals surface area contributed by atoms with Gasteiger partial charge in [-0.3, -0.25) is 29.0 Å². The summed E-state index contributed by atoms with van der Waals surface area (Å²) in [5, 5.41) is 0. The van der Waals surface area contributed by atoms with Crippen molar-refractivity contribution >= 4 is 47.4 Å². The molecule has 4 unspecified atom stereocenters. The Hall–Kier alpha value is -1.95. The van der Waals surface area contributed by atoms with Gasteiger partial charge in [-0.2, -0.15) is 0 Å². The fourth-order valence-electron chi connectivity index (χ4n) is 23.4. The summed E-state index contributed by atoms with van der Waals surface area (Å²) in [4.78, 5) is 54.8. The third kappa shape index (κ3) is 29.7. The van der Waals surface area contributed by atoms with Crippen LogP contribution in [0.15, 0.2) is 35.9 Å². The van der Waals surface area contributed by atoms with Crippen molar-refractivity contribution in [2.24, 2.45) is 91.7 Å². The van der Waals surface area contributed by atoms with Crippen LogP contribution in [0.5, 0.6) is 0 Å². The lowest BCUT2D eigenvalue weighted by Gasteiger charge is -2.72. The van der Waals surface area contributed by atoms with Gasteiger partial charge in [-0.15, -0.1) is 0 Å². The van der Waals surface area contributed by atoms with Gasteiger partial charge < -0.3 is 18.9 Å². The second kappa shape index (κ2) is 44.4. The third-order valence-corrected chi connectivity index (χ3v) is 40.1. The van der Waals surface area contributed by atoms with Gasteiger partial charge in [-0.05, 0) is 212 Å². The molecule has 13 heteroatoms. The van der Waals surface area contributed by atoms with E-state index in [-0.39, 0.29) is 123 Å². The summed E-state index contributed by atoms with van der Waals surface area (Å²) >= 11 is 0. The molecule has 0 amide bonds. The Morgan fingerprint density at radius 2 is 0.930 bits per heavy atom. The molecule has 6 rings (SSSR count). The van der Waals surface area contributed by atoms with E-state index in [0.29, 0.717) is 74.3 Å². The maximum Gasteiger partial charge on any atom is 0.149 e. The lowest BCUT2D eigenvalue weighted by Crippen LogP contribution is -2.69. The number of carbonyl (C=O) groups excluding carboxylic acids is 4. The molecule has 0 spiro atoms. The minimum absolute atomic E-state index is 0.00294. The molecule has 10 atom stereocenters. The molecule has 0 aromatic heterocycles. The second-order valence-corrected chi connectivity index (χ2v) is 62.2. The van der Waals surface area contributed by atoms with Gasteiger partial charge >= 0.3 is 0 Å². The Bertz CT molecular complexity index is 3010. The van der Waals surface area contributed by atoms with Crippen LogP contribution in [0.2, 0.25) is 75.5 Å². The Morgan fingerprint density at radius 1 is 0.491 bits per heavy atom. The number of ketones is 4. The maximum atomic E-state index is 14.2. The molecule has 114 heavy (non-hydrogen) atoms. The zero-order valence-electron chi connectivity index (χ0n) is 81.9. The summed E-state index contributed by atoms with van der Waals surface area (Å²) < 4.78 is 26.0. The van der Waals surface area contributed by atoms with Crippen LogP contribution in [-0.4, -0.2) is 146 Å². The number of benzene rings is 1. The van der Waals surface area contributed by atoms with Gasteiger partial charge in [-0.1, -0.05) is 283 Å². The summed E-state index contributed by atoms with van der Waals surface area (Å²) in [5.41, 5.74) is 5.53. The van der Waals surface area contributed by atoms with Crippen molar-refractivity contribution < 1.29 is 38.1 Å². The lowest BCUT2D eigenvalue weighted by atomic mass is 9.33. The number of nitrogens with zero attached hydrogens (tertiary/aromatic N) is 2. The van der Waals surface area contributed by atoms with Crippen molar-refractivity contribution in [2.75, 3.05) is 52.5 Å². The number of hydrogen-bond acceptors (Lipinski definition) is 10. The minimum atomic E-state index is -1.14. The number of hydrogen-bond donors (Lipinski definition) is 0. The summed E-state index contributed by atoms with van der Waals surface area (Å²) in [5.74, 6) is 5.50. The second-order valence-electron chi connectivity index (χ2n) is 46.5. The summed E-state index contributed by atoms with van der Waals surface area (Å²) in [6, 6.07) is 19.0. The molecule has 10 nitrogen and oxygen atoms in total. The van der Waals surface area contributed by atoms with Crippen LogP contribution in [0.4, 0.5) is 0 Å². The number of carbonyl (C=O) groups is 4. The van der Waals surface area contributed by atoms with Crippen molar-refractivity contribution in [1.82, 2.24) is 9.80 Å². The highest BCUT2D eigenvalue weighted by Crippen LogP contribution is 2.76. The van der Waals surface area contributed by atoms with E-state index >= 15 is 0 Å². The number of fused-ring (bicyclic) bond motifs is 7. The molecule has 5 aliphatic rings. The van der Waals surface area contributed by atoms with E-state index in [1.165, 1.54) is 99.6 Å². The summed E-state index contributed by atoms with van der Waals surface area (Å²) in [7, 11) is -3.41. The standard InChI is InChI=1S/C42H72O4.C37H74Si3.C22H42N2O4/c1-26(2)35(43)42-21-19-37(9,10)23-31(42)30-15-16-34-38(11)24-32(45-28(5)6)36(46-29(7)8)39(12,25-44-27(3)4)33(38)17-18-41(34,14)40(30,13)20-22-42;1-31(2)28-38(9,10)25-15-22-37(23-16-26-39(11,12)29-32(3)4,24-17-27-40(13,14)30-33(5)6)36-20-18-35(19-21-36)34(7)8;1-16(2)20(25)13-23(11-12-28-19(7)8)9-10-24(14-21(26)17(3)4)15-22(27)18(5)6/h15,26-29,31-34,36H,16-25H2,1-14H3;18-21,31-34H,15-17,22-30H2,1-14H3;16-19H,9-15H2,1-8H3/t31-,32?,33?,34-,36?,38-,39?,40+,41+,42-;;/m0../s1. The van der Waals surface area contributed by atoms with Crippen LogP contribution < -0.4 is 0 Å². The van der Waals surface area contributed by atoms with Gasteiger partial charge in [0.15, 0.2) is 0 Å². The molecule has 4 fully saturated rings. The highest BCUT2D eigenvalue weighted by Gasteiger charge is 2.71. The minimum Gasteiger partial charge on any atom is -0.378 e. The normalized spacial score (nSPS) is 26.1. The average Bonchev–Trinajstić information content (AvgIpc) is 0.671. The first-order valence-electron chi connectivity index (χ1n) is 47.3. The molecule has 0 bridgehead atoms. The molecule has 1 aromatic carbocycles. The van der Waals surface area contributed by atoms with Crippen LogP contribution in [0.25, 0.3) is 0 Å². The maximum absolute atomic E-state index is 14.2. The van der Waals surface area contributed by atoms with Crippen LogP contribution in [0, 0.1) is 91.7 Å². The topological polar surface area (TPSA) is 112 Å². The molecule has 0 radical (unpaired) electrons. The average molecular weight is 1640 g/mol. The predicted molar refractivity (Wildman–Crippen MR) is 499 cm³/mol. The van der Waals surface area contributed by atoms with Crippen LogP contribution in [0.1, 0.15) is 321 Å². The van der Waals surface area contributed by atoms with Crippen molar-refractivity contribution in [3.8, 4) is 0 Å². The molecular formula is C101H188N2O8Si3. The van der Waals surface area contributed by atoms with E-state index in [4.69, 9.17) is 18.9 Å². The zero-order valence-corrected chi connectivity index (χ0v) is 84.9. The molecule has 4 saturated carbocycles. The largest absolute Gasteiger partial charge is 0.378 e. The molecule has 5 aliphatic carbocycles. The molecule has 0 aliphatic heterocycles. The Morgan fingerprint density at radius 3 is 1.34 bits per heavy atom. The molecular weight excluding hydrogens is 1450 g/mol. The van der Waals surface area contributed by atoms with Crippen LogP contribution in [0.3, 0.4) is 0 Å². The quantitative estimate of drug-likeness (QED) is 0.0462. The van der Waals surface area contributed by atoms with Gasteiger partial charge in [0.1, 0.15) is 23.1 Å². The van der Waals surface area contributed by atoms with Crippen molar-refractivity contribution in [3.05, 3.63) is 47.0 Å². The number of allylic oxidation sites excluding steroid dienone is 2. The first kappa shape index (κ1) is 104. The molecule has 1 aromatic rings. The summed E-state index contributed by atoms with van der Waals surface area (Å²) in [6.45, 7) is 87.2. The van der Waals surface area contributed by atoms with E-state index in [2.05, 4.69) is 227 Å². The summed E-state index contributed by atoms with van der Waals surface area (Å²) in [6.07, 6.45) is 22.0. The number of Topliss-reactive ketones (excluding diaryl/α,β-unsaturated/α-hetero) is 4. The SMILES string of the molecule is CC(C)C[Si](C)(C)CCCC(CCC[Si](C)(C)CC(C)C)(CCC[Si](C)(C)CC(C)C)c1ccc(C(C)C)cc1.CC(C)OCC1(C)C(OC(C)C)C(OC(C)C)C[C@@]2(C)C1CC[C@]1(C)[C@H]2CC=C2[C@@H]3CC(C)(C)CC[C@]3(C(=O)C(C)C)CC[C@]21C.CC(C)OCCN(CCN(CC(=O)C(C)C)CC(=O)C(C)C)CC(=O)C(C)C. The zero-order chi connectivity index (χ0) is 86.9. The van der Waals surface area contributed by atoms with E-state index in [1.807, 2.05) is 60.3 Å². The van der Waals surface area contributed by atoms with Crippen LogP contribution >= 0.6 is 0 Å². The Kier molecular flexibility index (Phi) is 40.7. The highest BCUT2D eigenvalue weighted by atomic mass is 28.3. The Labute approximate surface area is 709 Å². The number of ether oxygens (including phenoxy) is 4. The molecule has 0 saturated heterocycles. The fraction of sp³-hybridized carbons (Fsp3) is 0.881. The van der Waals surface area contributed by atoms with Gasteiger partial charge in [0.05, 0.1) is 69.5 Å². The first-order valence-corrected chi connectivity index (χ1v) is 57.5. The van der Waals surface area contributed by atoms with E-state index in [1.54, 1.807) is 11.1 Å². The third-order valence-electron chi connectivity index (χ3n) is 29.2. The van der Waals surface area contributed by atoms with E-state index in [0.717, 1.165) is 56.3 Å². The van der Waals surface area contributed by atoms with Crippen LogP contribution in [-0.2, 0) is 43.5 Å². The lowest BCUT2D eigenvalue weighted by molar-refractivity contribution is -0.275. The first-order chi connectivity index (χ1) is 52.4. The van der Waals surface area contributed by atoms with Gasteiger partial charge in [0.2, 0.25) is 0 Å². The van der Waals surface area contributed by atoms with Gasteiger partial charge in [-0.25, -0.2) is 0 Å². The fourth-order valence-corrected chi connectivity index (χ4v) is 34.1. The molecule has 0 heterocycles. The van der Waals surface area contributed by atoms with E-state index in [9.17, 15) is 19.2 Å². The predicted octanol–water partition coefficient (Wildman–Crippen LogP) is 26.8. The molecule has 662 valence electrons. The monoisotopic (exact) mass is 1640 g/mol. The van der Waals surface area contributed by atoms with Crippen molar-refractivity contribution in [3.63, 3.8) is 0 Å². The van der Waals surface area contributed by atoms with E-state index < -0.39 is 24.2 Å². The Balaban J connectivity index is 0.000000372. The smallest absolute Gasteiger partial charge is 0.149 e.